The van der Waals surface area contributed by atoms with E-state index in [0.29, 0.717) is 0 Å². The number of rotatable bonds is 6. The van der Waals surface area contributed by atoms with Crippen molar-refractivity contribution < 1.29 is 0 Å². The van der Waals surface area contributed by atoms with E-state index in [1.54, 1.807) is 0 Å². The number of nitrogens with one attached hydrogen (secondary N) is 1. The van der Waals surface area contributed by atoms with Crippen molar-refractivity contribution in [1.82, 2.24) is 4.98 Å². The molecule has 0 unspecified atom stereocenters. The molecule has 0 aliphatic heterocycles. The van der Waals surface area contributed by atoms with Gasteiger partial charge in [-0.05, 0) is 69.8 Å². The summed E-state index contributed by atoms with van der Waals surface area (Å²) >= 11 is 0. The predicted molar refractivity (Wildman–Crippen MR) is 121 cm³/mol. The largest absolute Gasteiger partial charge is 0.361 e. The van der Waals surface area contributed by atoms with Gasteiger partial charge in [0.2, 0.25) is 0 Å². The molecule has 0 bridgehead atoms. The quantitative estimate of drug-likeness (QED) is 0.274. The summed E-state index contributed by atoms with van der Waals surface area (Å²) in [6.07, 6.45) is 5.82. The minimum absolute atomic E-state index is 0.897. The summed E-state index contributed by atoms with van der Waals surface area (Å²) < 4.78 is 0. The van der Waals surface area contributed by atoms with Gasteiger partial charge >= 0.3 is 0 Å². The standard InChI is InChI=1S/C27H25N/c1-3-8-20-11-13-22(14-12-20)27(25(4-2)21-9-6-5-7-10-21)24-15-16-26-23(19-24)17-18-28-26/h3,5-7,9-19,28H,1,4,8H2,2H3/b27-25+. The Kier molecular flexibility index (Phi) is 5.25. The summed E-state index contributed by atoms with van der Waals surface area (Å²) in [5.41, 5.74) is 8.92. The lowest BCUT2D eigenvalue weighted by Crippen LogP contribution is -1.95. The fourth-order valence-electron chi connectivity index (χ4n) is 3.86. The van der Waals surface area contributed by atoms with E-state index < -0.39 is 0 Å². The van der Waals surface area contributed by atoms with Gasteiger partial charge in [0.05, 0.1) is 0 Å². The van der Waals surface area contributed by atoms with E-state index in [4.69, 9.17) is 0 Å². The molecular weight excluding hydrogens is 338 g/mol. The minimum Gasteiger partial charge on any atom is -0.361 e. The molecule has 1 heteroatoms. The topological polar surface area (TPSA) is 15.8 Å². The van der Waals surface area contributed by atoms with Crippen LogP contribution in [0.25, 0.3) is 22.0 Å². The molecule has 28 heavy (non-hydrogen) atoms. The van der Waals surface area contributed by atoms with Gasteiger partial charge < -0.3 is 4.98 Å². The molecule has 0 amide bonds. The highest BCUT2D eigenvalue weighted by atomic mass is 14.7. The molecule has 1 heterocycles. The molecule has 4 rings (SSSR count). The van der Waals surface area contributed by atoms with E-state index in [2.05, 4.69) is 97.3 Å². The highest BCUT2D eigenvalue weighted by Gasteiger charge is 2.13. The van der Waals surface area contributed by atoms with Gasteiger partial charge in [-0.25, -0.2) is 0 Å². The number of allylic oxidation sites excluding steroid dienone is 2. The van der Waals surface area contributed by atoms with Crippen LogP contribution >= 0.6 is 0 Å². The summed E-state index contributed by atoms with van der Waals surface area (Å²) in [5.74, 6) is 0. The first-order valence-corrected chi connectivity index (χ1v) is 9.86. The number of benzene rings is 3. The van der Waals surface area contributed by atoms with E-state index in [1.165, 1.54) is 44.3 Å². The first-order chi connectivity index (χ1) is 13.8. The molecule has 0 spiro atoms. The second kappa shape index (κ2) is 8.14. The van der Waals surface area contributed by atoms with Crippen LogP contribution in [-0.4, -0.2) is 4.98 Å². The Morgan fingerprint density at radius 2 is 1.61 bits per heavy atom. The van der Waals surface area contributed by atoms with Gasteiger partial charge in [-0.2, -0.15) is 0 Å². The zero-order valence-electron chi connectivity index (χ0n) is 16.3. The summed E-state index contributed by atoms with van der Waals surface area (Å²) in [4.78, 5) is 3.30. The fraction of sp³-hybridized carbons (Fsp3) is 0.111. The normalized spacial score (nSPS) is 12.0. The maximum Gasteiger partial charge on any atom is 0.0454 e. The smallest absolute Gasteiger partial charge is 0.0454 e. The molecular formula is C27H25N. The third-order valence-electron chi connectivity index (χ3n) is 5.24. The molecule has 0 aliphatic carbocycles. The Labute approximate surface area is 167 Å². The Balaban J connectivity index is 1.94. The first-order valence-electron chi connectivity index (χ1n) is 9.86. The first kappa shape index (κ1) is 18.1. The van der Waals surface area contributed by atoms with Crippen molar-refractivity contribution in [2.75, 3.05) is 0 Å². The molecule has 138 valence electrons. The van der Waals surface area contributed by atoms with Crippen LogP contribution in [0.1, 0.15) is 35.6 Å². The van der Waals surface area contributed by atoms with Crippen LogP contribution in [0.5, 0.6) is 0 Å². The zero-order valence-corrected chi connectivity index (χ0v) is 16.3. The fourth-order valence-corrected chi connectivity index (χ4v) is 3.86. The van der Waals surface area contributed by atoms with E-state index in [0.717, 1.165) is 12.8 Å². The van der Waals surface area contributed by atoms with Crippen LogP contribution in [0.3, 0.4) is 0 Å². The summed E-state index contributed by atoms with van der Waals surface area (Å²) in [6, 6.07) is 28.5. The average Bonchev–Trinajstić information content (AvgIpc) is 3.21. The van der Waals surface area contributed by atoms with Gasteiger partial charge in [-0.15, -0.1) is 6.58 Å². The Morgan fingerprint density at radius 1 is 0.857 bits per heavy atom. The SMILES string of the molecule is C=CCc1ccc(/C(=C(/CC)c2ccccc2)c2ccc3[nH]ccc3c2)cc1. The van der Waals surface area contributed by atoms with E-state index in [1.807, 2.05) is 12.3 Å². The van der Waals surface area contributed by atoms with Crippen molar-refractivity contribution in [2.45, 2.75) is 19.8 Å². The molecule has 0 atom stereocenters. The van der Waals surface area contributed by atoms with Crippen molar-refractivity contribution in [3.8, 4) is 0 Å². The molecule has 1 N–H and O–H groups in total. The van der Waals surface area contributed by atoms with E-state index in [9.17, 15) is 0 Å². The van der Waals surface area contributed by atoms with Crippen LogP contribution in [0, 0.1) is 0 Å². The lowest BCUT2D eigenvalue weighted by molar-refractivity contribution is 1.23. The van der Waals surface area contributed by atoms with Crippen molar-refractivity contribution in [3.63, 3.8) is 0 Å². The van der Waals surface area contributed by atoms with Crippen LogP contribution in [-0.2, 0) is 6.42 Å². The second-order valence-electron chi connectivity index (χ2n) is 7.04. The molecule has 0 aliphatic rings. The molecule has 1 nitrogen and oxygen atoms in total. The minimum atomic E-state index is 0.897. The Hall–Kier alpha value is -3.32. The third kappa shape index (κ3) is 3.57. The van der Waals surface area contributed by atoms with Gasteiger partial charge in [0.25, 0.3) is 0 Å². The molecule has 3 aromatic carbocycles. The summed E-state index contributed by atoms with van der Waals surface area (Å²) in [7, 11) is 0. The van der Waals surface area contributed by atoms with Gasteiger partial charge in [0.15, 0.2) is 0 Å². The monoisotopic (exact) mass is 363 g/mol. The molecule has 1 aromatic heterocycles. The number of aromatic amines is 1. The molecule has 0 radical (unpaired) electrons. The van der Waals surface area contributed by atoms with Crippen molar-refractivity contribution >= 4 is 22.0 Å². The number of hydrogen-bond acceptors (Lipinski definition) is 0. The summed E-state index contributed by atoms with van der Waals surface area (Å²) in [6.45, 7) is 6.09. The van der Waals surface area contributed by atoms with Crippen LogP contribution in [0.15, 0.2) is 97.7 Å². The molecule has 0 fully saturated rings. The number of fused-ring (bicyclic) bond motifs is 1. The predicted octanol–water partition coefficient (Wildman–Crippen LogP) is 7.27. The number of hydrogen-bond donors (Lipinski definition) is 1. The van der Waals surface area contributed by atoms with Crippen molar-refractivity contribution in [1.29, 1.82) is 0 Å². The van der Waals surface area contributed by atoms with E-state index in [-0.39, 0.29) is 0 Å². The molecule has 0 saturated heterocycles. The number of H-pyrrole nitrogens is 1. The maximum absolute atomic E-state index is 3.85. The van der Waals surface area contributed by atoms with Gasteiger partial charge in [-0.1, -0.05) is 73.7 Å². The molecule has 4 aromatic rings. The second-order valence-corrected chi connectivity index (χ2v) is 7.04. The van der Waals surface area contributed by atoms with Gasteiger partial charge in [-0.3, -0.25) is 0 Å². The van der Waals surface area contributed by atoms with Crippen LogP contribution in [0.2, 0.25) is 0 Å². The highest BCUT2D eigenvalue weighted by Crippen LogP contribution is 2.35. The van der Waals surface area contributed by atoms with Crippen molar-refractivity contribution in [3.05, 3.63) is 120 Å². The highest BCUT2D eigenvalue weighted by molar-refractivity contribution is 6.00. The number of aromatic nitrogens is 1. The van der Waals surface area contributed by atoms with Crippen LogP contribution < -0.4 is 0 Å². The lowest BCUT2D eigenvalue weighted by Gasteiger charge is -2.17. The van der Waals surface area contributed by atoms with Crippen LogP contribution in [0.4, 0.5) is 0 Å². The lowest BCUT2D eigenvalue weighted by atomic mass is 9.87. The Bertz CT molecular complexity index is 1110. The van der Waals surface area contributed by atoms with Gasteiger partial charge in [0, 0.05) is 11.7 Å². The zero-order chi connectivity index (χ0) is 19.3. The molecule has 0 saturated carbocycles. The average molecular weight is 364 g/mol. The van der Waals surface area contributed by atoms with E-state index >= 15 is 0 Å². The van der Waals surface area contributed by atoms with Crippen molar-refractivity contribution in [2.24, 2.45) is 0 Å². The Morgan fingerprint density at radius 3 is 2.32 bits per heavy atom. The maximum atomic E-state index is 3.85. The summed E-state index contributed by atoms with van der Waals surface area (Å²) in [5, 5.41) is 1.24. The third-order valence-corrected chi connectivity index (χ3v) is 5.24. The van der Waals surface area contributed by atoms with Gasteiger partial charge in [0.1, 0.15) is 0 Å².